The largest absolute Gasteiger partial charge is 0.496 e. The number of rotatable bonds is 7. The van der Waals surface area contributed by atoms with Crippen molar-refractivity contribution in [2.24, 2.45) is 0 Å². The Bertz CT molecular complexity index is 866. The molecule has 0 saturated carbocycles. The van der Waals surface area contributed by atoms with E-state index in [-0.39, 0.29) is 18.0 Å². The Morgan fingerprint density at radius 2 is 1.68 bits per heavy atom. The maximum absolute atomic E-state index is 12.5. The highest BCUT2D eigenvalue weighted by atomic mass is 35.5. The number of nitrogens with one attached hydrogen (secondary N) is 1. The maximum Gasteiger partial charge on any atom is 0.240 e. The molecule has 136 valence electrons. The number of benzene rings is 2. The van der Waals surface area contributed by atoms with Crippen LogP contribution in [0, 0.1) is 20.8 Å². The Morgan fingerprint density at radius 3 is 2.32 bits per heavy atom. The Hall–Kier alpha value is -1.76. The Morgan fingerprint density at radius 1 is 1.00 bits per heavy atom. The third kappa shape index (κ3) is 4.87. The van der Waals surface area contributed by atoms with Crippen LogP contribution in [0.3, 0.4) is 0 Å². The molecular weight excluding hydrogens is 362 g/mol. The average molecular weight is 384 g/mol. The minimum Gasteiger partial charge on any atom is -0.496 e. The van der Waals surface area contributed by atoms with Gasteiger partial charge in [0.2, 0.25) is 10.0 Å². The van der Waals surface area contributed by atoms with Crippen LogP contribution in [0.25, 0.3) is 0 Å². The summed E-state index contributed by atoms with van der Waals surface area (Å²) in [5.74, 6) is 1.35. The van der Waals surface area contributed by atoms with Gasteiger partial charge in [0.1, 0.15) is 18.1 Å². The predicted octanol–water partition coefficient (Wildman–Crippen LogP) is 3.63. The van der Waals surface area contributed by atoms with Crippen LogP contribution < -0.4 is 14.2 Å². The van der Waals surface area contributed by atoms with Gasteiger partial charge in [-0.15, -0.1) is 0 Å². The minimum absolute atomic E-state index is 0.162. The van der Waals surface area contributed by atoms with E-state index >= 15 is 0 Å². The summed E-state index contributed by atoms with van der Waals surface area (Å²) in [7, 11) is -2.06. The van der Waals surface area contributed by atoms with Crippen molar-refractivity contribution in [1.82, 2.24) is 4.72 Å². The van der Waals surface area contributed by atoms with E-state index in [0.29, 0.717) is 22.1 Å². The van der Waals surface area contributed by atoms with Gasteiger partial charge in [-0.2, -0.15) is 0 Å². The summed E-state index contributed by atoms with van der Waals surface area (Å²) >= 11 is 5.90. The Balaban J connectivity index is 2.01. The van der Waals surface area contributed by atoms with E-state index < -0.39 is 10.0 Å². The van der Waals surface area contributed by atoms with E-state index in [0.717, 1.165) is 11.1 Å². The SMILES string of the molecule is COc1cc(C)c(S(=O)(=O)NCCOc2ccc(Cl)cc2C)cc1C. The van der Waals surface area contributed by atoms with Crippen LogP contribution in [0.1, 0.15) is 16.7 Å². The molecule has 0 aliphatic carbocycles. The van der Waals surface area contributed by atoms with Gasteiger partial charge in [0.25, 0.3) is 0 Å². The van der Waals surface area contributed by atoms with E-state index in [9.17, 15) is 8.42 Å². The number of methoxy groups -OCH3 is 1. The average Bonchev–Trinajstić information content (AvgIpc) is 2.54. The van der Waals surface area contributed by atoms with Gasteiger partial charge >= 0.3 is 0 Å². The van der Waals surface area contributed by atoms with Crippen molar-refractivity contribution in [2.75, 3.05) is 20.3 Å². The highest BCUT2D eigenvalue weighted by Crippen LogP contribution is 2.25. The van der Waals surface area contributed by atoms with Crippen LogP contribution in [0.4, 0.5) is 0 Å². The van der Waals surface area contributed by atoms with Gasteiger partial charge in [-0.25, -0.2) is 13.1 Å². The van der Waals surface area contributed by atoms with E-state index in [2.05, 4.69) is 4.72 Å². The summed E-state index contributed by atoms with van der Waals surface area (Å²) in [6.07, 6.45) is 0. The summed E-state index contributed by atoms with van der Waals surface area (Å²) in [6, 6.07) is 8.63. The second-order valence-corrected chi connectivity index (χ2v) is 7.92. The van der Waals surface area contributed by atoms with Crippen LogP contribution in [0.5, 0.6) is 11.5 Å². The third-order valence-corrected chi connectivity index (χ3v) is 5.61. The molecule has 7 heteroatoms. The molecule has 2 aromatic rings. The molecule has 0 fully saturated rings. The van der Waals surface area contributed by atoms with Crippen LogP contribution in [-0.2, 0) is 10.0 Å². The molecule has 0 spiro atoms. The monoisotopic (exact) mass is 383 g/mol. The molecule has 0 amide bonds. The lowest BCUT2D eigenvalue weighted by Crippen LogP contribution is -2.29. The predicted molar refractivity (Wildman–Crippen MR) is 99.3 cm³/mol. The lowest BCUT2D eigenvalue weighted by molar-refractivity contribution is 0.320. The highest BCUT2D eigenvalue weighted by molar-refractivity contribution is 7.89. The molecular formula is C18H22ClNO4S. The quantitative estimate of drug-likeness (QED) is 0.741. The first-order chi connectivity index (χ1) is 11.7. The minimum atomic E-state index is -3.62. The van der Waals surface area contributed by atoms with Crippen molar-refractivity contribution in [1.29, 1.82) is 0 Å². The number of halogens is 1. The third-order valence-electron chi connectivity index (χ3n) is 3.77. The van der Waals surface area contributed by atoms with E-state index in [1.807, 2.05) is 13.8 Å². The van der Waals surface area contributed by atoms with Crippen molar-refractivity contribution in [2.45, 2.75) is 25.7 Å². The van der Waals surface area contributed by atoms with Crippen LogP contribution in [0.15, 0.2) is 35.2 Å². The van der Waals surface area contributed by atoms with E-state index in [4.69, 9.17) is 21.1 Å². The molecule has 5 nitrogen and oxygen atoms in total. The second kappa shape index (κ2) is 8.08. The first-order valence-corrected chi connectivity index (χ1v) is 9.64. The molecule has 0 atom stereocenters. The summed E-state index contributed by atoms with van der Waals surface area (Å²) in [6.45, 7) is 5.81. The van der Waals surface area contributed by atoms with Crippen molar-refractivity contribution < 1.29 is 17.9 Å². The van der Waals surface area contributed by atoms with Gasteiger partial charge in [-0.3, -0.25) is 0 Å². The summed E-state index contributed by atoms with van der Waals surface area (Å²) < 4.78 is 38.4. The van der Waals surface area contributed by atoms with Gasteiger partial charge in [-0.1, -0.05) is 11.6 Å². The zero-order valence-corrected chi connectivity index (χ0v) is 16.3. The van der Waals surface area contributed by atoms with Gasteiger partial charge in [0, 0.05) is 11.6 Å². The number of sulfonamides is 1. The first kappa shape index (κ1) is 19.6. The molecule has 0 unspecified atom stereocenters. The molecule has 0 saturated heterocycles. The molecule has 0 aromatic heterocycles. The summed E-state index contributed by atoms with van der Waals surface area (Å²) in [5.41, 5.74) is 2.29. The van der Waals surface area contributed by atoms with Gasteiger partial charge < -0.3 is 9.47 Å². The topological polar surface area (TPSA) is 64.6 Å². The molecule has 0 aliphatic rings. The molecule has 2 aromatic carbocycles. The smallest absolute Gasteiger partial charge is 0.240 e. The van der Waals surface area contributed by atoms with Gasteiger partial charge in [-0.05, 0) is 67.8 Å². The number of aryl methyl sites for hydroxylation is 3. The Kier molecular flexibility index (Phi) is 6.32. The standard InChI is InChI=1S/C18H22ClNO4S/c1-12-9-15(19)5-6-16(12)24-8-7-20-25(21,22)18-11-13(2)17(23-4)10-14(18)3/h5-6,9-11,20H,7-8H2,1-4H3. The van der Waals surface area contributed by atoms with Crippen LogP contribution in [-0.4, -0.2) is 28.7 Å². The summed E-state index contributed by atoms with van der Waals surface area (Å²) in [5, 5.41) is 0.635. The number of hydrogen-bond donors (Lipinski definition) is 1. The van der Waals surface area contributed by atoms with Crippen LogP contribution >= 0.6 is 11.6 Å². The molecule has 25 heavy (non-hydrogen) atoms. The van der Waals surface area contributed by atoms with Crippen molar-refractivity contribution >= 4 is 21.6 Å². The van der Waals surface area contributed by atoms with Gasteiger partial charge in [0.15, 0.2) is 0 Å². The normalized spacial score (nSPS) is 11.4. The molecule has 0 heterocycles. The number of hydrogen-bond acceptors (Lipinski definition) is 4. The Labute approximate surface area is 154 Å². The maximum atomic E-state index is 12.5. The lowest BCUT2D eigenvalue weighted by Gasteiger charge is -2.13. The van der Waals surface area contributed by atoms with Crippen molar-refractivity contribution in [3.05, 3.63) is 52.0 Å². The summed E-state index contributed by atoms with van der Waals surface area (Å²) in [4.78, 5) is 0.244. The molecule has 0 aliphatic heterocycles. The van der Waals surface area contributed by atoms with Crippen molar-refractivity contribution in [3.63, 3.8) is 0 Å². The lowest BCUT2D eigenvalue weighted by atomic mass is 10.1. The van der Waals surface area contributed by atoms with Gasteiger partial charge in [0.05, 0.1) is 12.0 Å². The molecule has 2 rings (SSSR count). The van der Waals surface area contributed by atoms with Crippen molar-refractivity contribution in [3.8, 4) is 11.5 Å². The zero-order chi connectivity index (χ0) is 18.6. The van der Waals surface area contributed by atoms with E-state index in [1.165, 1.54) is 0 Å². The fourth-order valence-electron chi connectivity index (χ4n) is 2.46. The van der Waals surface area contributed by atoms with E-state index in [1.54, 1.807) is 44.4 Å². The molecule has 0 radical (unpaired) electrons. The zero-order valence-electron chi connectivity index (χ0n) is 14.7. The molecule has 1 N–H and O–H groups in total. The number of ether oxygens (including phenoxy) is 2. The second-order valence-electron chi connectivity index (χ2n) is 5.74. The van der Waals surface area contributed by atoms with Crippen LogP contribution in [0.2, 0.25) is 5.02 Å². The molecule has 0 bridgehead atoms. The highest BCUT2D eigenvalue weighted by Gasteiger charge is 2.18. The first-order valence-electron chi connectivity index (χ1n) is 7.78. The fraction of sp³-hybridized carbons (Fsp3) is 0.333. The fourth-order valence-corrected chi connectivity index (χ4v) is 4.01.